The van der Waals surface area contributed by atoms with Gasteiger partial charge in [-0.1, -0.05) is 0 Å². The Morgan fingerprint density at radius 2 is 2.16 bits per heavy atom. The molecule has 0 N–H and O–H groups in total. The second-order valence-electron chi connectivity index (χ2n) is 4.49. The third-order valence-corrected chi connectivity index (χ3v) is 3.18. The van der Waals surface area contributed by atoms with E-state index in [1.165, 1.54) is 0 Å². The minimum Gasteiger partial charge on any atom is -0.496 e. The minimum absolute atomic E-state index is 0.00139. The zero-order valence-corrected chi connectivity index (χ0v) is 11.6. The highest BCUT2D eigenvalue weighted by molar-refractivity contribution is 5.95. The molecule has 0 saturated heterocycles. The fourth-order valence-electron chi connectivity index (χ4n) is 2.14. The van der Waals surface area contributed by atoms with Gasteiger partial charge in [0.15, 0.2) is 5.78 Å². The van der Waals surface area contributed by atoms with E-state index >= 15 is 0 Å². The Morgan fingerprint density at radius 3 is 2.74 bits per heavy atom. The molecule has 2 aromatic heterocycles. The smallest absolute Gasteiger partial charge is 0.186 e. The number of methoxy groups -OCH3 is 1. The Balaban J connectivity index is 2.30. The van der Waals surface area contributed by atoms with E-state index in [0.717, 1.165) is 22.6 Å². The second-order valence-corrected chi connectivity index (χ2v) is 4.49. The molecule has 0 radical (unpaired) electrons. The summed E-state index contributed by atoms with van der Waals surface area (Å²) in [5, 5.41) is 4.00. The normalized spacial score (nSPS) is 10.5. The van der Waals surface area contributed by atoms with Crippen molar-refractivity contribution in [1.82, 2.24) is 14.8 Å². The first-order valence-electron chi connectivity index (χ1n) is 6.05. The average Bonchev–Trinajstić information content (AvgIpc) is 2.80. The summed E-state index contributed by atoms with van der Waals surface area (Å²) in [6.07, 6.45) is 3.60. The van der Waals surface area contributed by atoms with Crippen LogP contribution < -0.4 is 4.74 Å². The highest BCUT2D eigenvalue weighted by Crippen LogP contribution is 2.24. The van der Waals surface area contributed by atoms with Crippen molar-refractivity contribution in [1.29, 1.82) is 0 Å². The van der Waals surface area contributed by atoms with E-state index in [-0.39, 0.29) is 12.2 Å². The van der Waals surface area contributed by atoms with E-state index in [0.29, 0.717) is 5.69 Å². The summed E-state index contributed by atoms with van der Waals surface area (Å²) in [7, 11) is 3.38. The summed E-state index contributed by atoms with van der Waals surface area (Å²) in [6.45, 7) is 3.86. The Kier molecular flexibility index (Phi) is 3.64. The lowest BCUT2D eigenvalue weighted by Gasteiger charge is -2.11. The van der Waals surface area contributed by atoms with Gasteiger partial charge in [0.1, 0.15) is 11.4 Å². The SMILES string of the molecule is COc1c(C)cnc(CC(=O)c2ccnn2C)c1C. The van der Waals surface area contributed by atoms with Crippen molar-refractivity contribution in [2.24, 2.45) is 7.05 Å². The van der Waals surface area contributed by atoms with Crippen LogP contribution in [0.25, 0.3) is 0 Å². The van der Waals surface area contributed by atoms with Gasteiger partial charge in [0.25, 0.3) is 0 Å². The van der Waals surface area contributed by atoms with Gasteiger partial charge in [-0.3, -0.25) is 14.5 Å². The van der Waals surface area contributed by atoms with Gasteiger partial charge in [-0.15, -0.1) is 0 Å². The fourth-order valence-corrected chi connectivity index (χ4v) is 2.14. The molecule has 0 aliphatic carbocycles. The van der Waals surface area contributed by atoms with Crippen molar-refractivity contribution in [2.45, 2.75) is 20.3 Å². The first kappa shape index (κ1) is 13.3. The largest absolute Gasteiger partial charge is 0.496 e. The summed E-state index contributed by atoms with van der Waals surface area (Å²) in [5.41, 5.74) is 3.21. The number of nitrogens with zero attached hydrogens (tertiary/aromatic N) is 3. The quantitative estimate of drug-likeness (QED) is 0.786. The summed E-state index contributed by atoms with van der Waals surface area (Å²) in [5.74, 6) is 0.796. The van der Waals surface area contributed by atoms with Gasteiger partial charge in [0.05, 0.1) is 19.2 Å². The van der Waals surface area contributed by atoms with Gasteiger partial charge in [0, 0.05) is 30.6 Å². The zero-order chi connectivity index (χ0) is 14.0. The van der Waals surface area contributed by atoms with E-state index < -0.39 is 0 Å². The van der Waals surface area contributed by atoms with Crippen LogP contribution in [0.4, 0.5) is 0 Å². The van der Waals surface area contributed by atoms with E-state index in [1.807, 2.05) is 13.8 Å². The van der Waals surface area contributed by atoms with Gasteiger partial charge in [-0.2, -0.15) is 5.10 Å². The van der Waals surface area contributed by atoms with Crippen LogP contribution in [0.3, 0.4) is 0 Å². The Labute approximate surface area is 112 Å². The highest BCUT2D eigenvalue weighted by atomic mass is 16.5. The second kappa shape index (κ2) is 5.22. The van der Waals surface area contributed by atoms with Crippen molar-refractivity contribution in [3.8, 4) is 5.75 Å². The van der Waals surface area contributed by atoms with Crippen LogP contribution in [-0.4, -0.2) is 27.7 Å². The lowest BCUT2D eigenvalue weighted by Crippen LogP contribution is -2.12. The van der Waals surface area contributed by atoms with E-state index in [9.17, 15) is 4.79 Å². The minimum atomic E-state index is 0.00139. The molecule has 0 spiro atoms. The Bertz CT molecular complexity index is 617. The maximum atomic E-state index is 12.2. The number of rotatable bonds is 4. The van der Waals surface area contributed by atoms with Crippen LogP contribution in [0.2, 0.25) is 0 Å². The molecule has 0 aliphatic rings. The van der Waals surface area contributed by atoms with Gasteiger partial charge in [-0.25, -0.2) is 0 Å². The van der Waals surface area contributed by atoms with Gasteiger partial charge < -0.3 is 4.74 Å². The van der Waals surface area contributed by atoms with Crippen molar-refractivity contribution < 1.29 is 9.53 Å². The van der Waals surface area contributed by atoms with Gasteiger partial charge >= 0.3 is 0 Å². The molecule has 0 fully saturated rings. The molecule has 2 aromatic rings. The molecule has 0 bridgehead atoms. The number of ether oxygens (including phenoxy) is 1. The molecule has 2 rings (SSSR count). The molecule has 0 atom stereocenters. The van der Waals surface area contributed by atoms with Crippen LogP contribution in [-0.2, 0) is 13.5 Å². The molecule has 0 aromatic carbocycles. The third-order valence-electron chi connectivity index (χ3n) is 3.18. The van der Waals surface area contributed by atoms with Gasteiger partial charge in [-0.05, 0) is 19.9 Å². The Hall–Kier alpha value is -2.17. The molecule has 0 amide bonds. The van der Waals surface area contributed by atoms with Crippen molar-refractivity contribution >= 4 is 5.78 Å². The van der Waals surface area contributed by atoms with Crippen LogP contribution in [0, 0.1) is 13.8 Å². The lowest BCUT2D eigenvalue weighted by molar-refractivity contribution is 0.0982. The summed E-state index contributed by atoms with van der Waals surface area (Å²) >= 11 is 0. The number of aryl methyl sites for hydroxylation is 2. The van der Waals surface area contributed by atoms with Crippen LogP contribution in [0.1, 0.15) is 27.3 Å². The fraction of sp³-hybridized carbons (Fsp3) is 0.357. The van der Waals surface area contributed by atoms with Crippen molar-refractivity contribution in [2.75, 3.05) is 7.11 Å². The first-order chi connectivity index (χ1) is 9.04. The number of carbonyl (C=O) groups excluding carboxylic acids is 1. The van der Waals surface area contributed by atoms with Crippen LogP contribution >= 0.6 is 0 Å². The molecule has 5 heteroatoms. The average molecular weight is 259 g/mol. The van der Waals surface area contributed by atoms with E-state index in [1.54, 1.807) is 37.3 Å². The number of pyridine rings is 1. The monoisotopic (exact) mass is 259 g/mol. The number of hydrogen-bond acceptors (Lipinski definition) is 4. The van der Waals surface area contributed by atoms with E-state index in [4.69, 9.17) is 4.74 Å². The lowest BCUT2D eigenvalue weighted by atomic mass is 10.1. The first-order valence-corrected chi connectivity index (χ1v) is 6.05. The predicted molar refractivity (Wildman–Crippen MR) is 71.5 cm³/mol. The summed E-state index contributed by atoms with van der Waals surface area (Å²) < 4.78 is 6.92. The number of aromatic nitrogens is 3. The molecule has 100 valence electrons. The van der Waals surface area contributed by atoms with Crippen LogP contribution in [0.5, 0.6) is 5.75 Å². The molecule has 0 saturated carbocycles. The van der Waals surface area contributed by atoms with Gasteiger partial charge in [0.2, 0.25) is 0 Å². The molecular weight excluding hydrogens is 242 g/mol. The number of ketones is 1. The third kappa shape index (κ3) is 2.50. The molecule has 19 heavy (non-hydrogen) atoms. The zero-order valence-electron chi connectivity index (χ0n) is 11.6. The molecule has 2 heterocycles. The topological polar surface area (TPSA) is 57.0 Å². The molecular formula is C14H17N3O2. The molecule has 0 aliphatic heterocycles. The highest BCUT2D eigenvalue weighted by Gasteiger charge is 2.16. The maximum Gasteiger partial charge on any atom is 0.186 e. The molecule has 5 nitrogen and oxygen atoms in total. The van der Waals surface area contributed by atoms with E-state index in [2.05, 4.69) is 10.1 Å². The summed E-state index contributed by atoms with van der Waals surface area (Å²) in [6, 6.07) is 1.71. The standard InChI is InChI=1S/C14H17N3O2/c1-9-8-15-11(10(2)14(9)19-4)7-13(18)12-5-6-16-17(12)3/h5-6,8H,7H2,1-4H3. The van der Waals surface area contributed by atoms with Crippen LogP contribution in [0.15, 0.2) is 18.5 Å². The van der Waals surface area contributed by atoms with Crippen molar-refractivity contribution in [3.63, 3.8) is 0 Å². The summed E-state index contributed by atoms with van der Waals surface area (Å²) in [4.78, 5) is 16.5. The number of Topliss-reactive ketones (excluding diaryl/α,β-unsaturated/α-hetero) is 1. The Morgan fingerprint density at radius 1 is 1.42 bits per heavy atom. The number of hydrogen-bond donors (Lipinski definition) is 0. The van der Waals surface area contributed by atoms with Crippen molar-refractivity contribution in [3.05, 3.63) is 41.0 Å². The number of carbonyl (C=O) groups is 1. The predicted octanol–water partition coefficient (Wildman–Crippen LogP) is 1.87. The maximum absolute atomic E-state index is 12.2. The molecule has 0 unspecified atom stereocenters.